The summed E-state index contributed by atoms with van der Waals surface area (Å²) < 4.78 is 12.2. The molecule has 1 aromatic heterocycles. The molecule has 1 N–H and O–H groups in total. The van der Waals surface area contributed by atoms with Crippen LogP contribution in [0.25, 0.3) is 10.9 Å². The topological polar surface area (TPSA) is 50.2 Å². The van der Waals surface area contributed by atoms with Crippen molar-refractivity contribution in [3.8, 4) is 0 Å². The molecule has 0 radical (unpaired) electrons. The van der Waals surface area contributed by atoms with E-state index in [4.69, 9.17) is 5.11 Å². The number of hydrogen-bond donors (Lipinski definition) is 1. The number of fused-ring (bicyclic) bond motifs is 1. The van der Waals surface area contributed by atoms with Gasteiger partial charge in [0.05, 0.1) is 17.8 Å². The average molecular weight is 219 g/mol. The summed E-state index contributed by atoms with van der Waals surface area (Å²) in [5.41, 5.74) is 1.71. The summed E-state index contributed by atoms with van der Waals surface area (Å²) in [4.78, 5) is 14.9. The van der Waals surface area contributed by atoms with Crippen molar-refractivity contribution in [3.63, 3.8) is 0 Å². The van der Waals surface area contributed by atoms with Gasteiger partial charge in [0.25, 0.3) is 0 Å². The highest BCUT2D eigenvalue weighted by molar-refractivity contribution is 5.93. The van der Waals surface area contributed by atoms with Gasteiger partial charge in [-0.1, -0.05) is 0 Å². The Hall–Kier alpha value is -1.97. The summed E-state index contributed by atoms with van der Waals surface area (Å²) >= 11 is 0. The van der Waals surface area contributed by atoms with E-state index in [1.807, 2.05) is 0 Å². The average Bonchev–Trinajstić information content (AvgIpc) is 2.28. The van der Waals surface area contributed by atoms with E-state index in [9.17, 15) is 9.18 Å². The van der Waals surface area contributed by atoms with Crippen LogP contribution in [0.3, 0.4) is 0 Å². The minimum Gasteiger partial charge on any atom is -0.478 e. The summed E-state index contributed by atoms with van der Waals surface area (Å²) in [5, 5.41) is 9.56. The Morgan fingerprint density at radius 1 is 1.38 bits per heavy atom. The molecule has 3 nitrogen and oxygen atoms in total. The van der Waals surface area contributed by atoms with Crippen LogP contribution < -0.4 is 0 Å². The van der Waals surface area contributed by atoms with Crippen molar-refractivity contribution in [2.75, 3.05) is 6.67 Å². The predicted octanol–water partition coefficient (Wildman–Crippen LogP) is 2.45. The maximum absolute atomic E-state index is 12.2. The zero-order chi connectivity index (χ0) is 11.5. The number of aryl methyl sites for hydroxylation is 1. The molecule has 0 fully saturated rings. The Morgan fingerprint density at radius 3 is 2.88 bits per heavy atom. The first-order valence-electron chi connectivity index (χ1n) is 4.88. The predicted molar refractivity (Wildman–Crippen MR) is 58.4 cm³/mol. The third kappa shape index (κ3) is 2.00. The standard InChI is InChI=1S/C12H10FNO2/c13-4-3-8-5-10-6-9(12(15)16)1-2-11(10)14-7-8/h1-2,5-7H,3-4H2,(H,15,16). The fraction of sp³-hybridized carbons (Fsp3) is 0.167. The number of nitrogens with zero attached hydrogens (tertiary/aromatic N) is 1. The number of carbonyl (C=O) groups is 1. The molecule has 4 heteroatoms. The lowest BCUT2D eigenvalue weighted by Crippen LogP contribution is -1.96. The minimum atomic E-state index is -0.974. The molecule has 0 bridgehead atoms. The minimum absolute atomic E-state index is 0.215. The summed E-state index contributed by atoms with van der Waals surface area (Å²) in [6, 6.07) is 6.48. The fourth-order valence-electron chi connectivity index (χ4n) is 1.56. The maximum atomic E-state index is 12.2. The van der Waals surface area contributed by atoms with Crippen LogP contribution in [-0.4, -0.2) is 22.7 Å². The molecule has 0 spiro atoms. The zero-order valence-electron chi connectivity index (χ0n) is 8.48. The highest BCUT2D eigenvalue weighted by Crippen LogP contribution is 2.16. The lowest BCUT2D eigenvalue weighted by molar-refractivity contribution is 0.0697. The van der Waals surface area contributed by atoms with Gasteiger partial charge in [0.15, 0.2) is 0 Å². The lowest BCUT2D eigenvalue weighted by Gasteiger charge is -2.02. The summed E-state index contributed by atoms with van der Waals surface area (Å²) in [7, 11) is 0. The number of aromatic carboxylic acids is 1. The zero-order valence-corrected chi connectivity index (χ0v) is 8.48. The van der Waals surface area contributed by atoms with Gasteiger partial charge in [-0.25, -0.2) is 4.79 Å². The normalized spacial score (nSPS) is 10.6. The number of carboxylic acid groups (broad SMARTS) is 1. The number of aromatic nitrogens is 1. The van der Waals surface area contributed by atoms with Gasteiger partial charge in [-0.2, -0.15) is 0 Å². The smallest absolute Gasteiger partial charge is 0.335 e. The van der Waals surface area contributed by atoms with E-state index in [-0.39, 0.29) is 5.56 Å². The quantitative estimate of drug-likeness (QED) is 0.862. The second kappa shape index (κ2) is 4.26. The second-order valence-electron chi connectivity index (χ2n) is 3.50. The van der Waals surface area contributed by atoms with Crippen LogP contribution in [0.5, 0.6) is 0 Å². The molecule has 16 heavy (non-hydrogen) atoms. The molecule has 0 atom stereocenters. The first-order valence-corrected chi connectivity index (χ1v) is 4.88. The highest BCUT2D eigenvalue weighted by Gasteiger charge is 2.04. The Balaban J connectivity index is 2.52. The van der Waals surface area contributed by atoms with E-state index in [2.05, 4.69) is 4.98 Å². The molecular formula is C12H10FNO2. The molecule has 2 rings (SSSR count). The van der Waals surface area contributed by atoms with Crippen LogP contribution in [-0.2, 0) is 6.42 Å². The summed E-state index contributed by atoms with van der Waals surface area (Å²) in [6.07, 6.45) is 1.92. The molecule has 1 heterocycles. The molecule has 0 saturated heterocycles. The van der Waals surface area contributed by atoms with E-state index < -0.39 is 12.6 Å². The molecule has 0 amide bonds. The van der Waals surface area contributed by atoms with Crippen LogP contribution in [0.2, 0.25) is 0 Å². The van der Waals surface area contributed by atoms with Crippen LogP contribution in [0.1, 0.15) is 15.9 Å². The maximum Gasteiger partial charge on any atom is 0.335 e. The van der Waals surface area contributed by atoms with E-state index in [1.54, 1.807) is 24.4 Å². The molecule has 0 aliphatic rings. The van der Waals surface area contributed by atoms with Gasteiger partial charge in [0.2, 0.25) is 0 Å². The van der Waals surface area contributed by atoms with Crippen molar-refractivity contribution in [2.45, 2.75) is 6.42 Å². The Morgan fingerprint density at radius 2 is 2.19 bits per heavy atom. The Labute approximate surface area is 91.5 Å². The summed E-state index contributed by atoms with van der Waals surface area (Å²) in [5.74, 6) is -0.974. The number of hydrogen-bond acceptors (Lipinski definition) is 2. The van der Waals surface area contributed by atoms with Gasteiger partial charge in [0, 0.05) is 18.0 Å². The van der Waals surface area contributed by atoms with Crippen LogP contribution in [0.15, 0.2) is 30.5 Å². The van der Waals surface area contributed by atoms with Gasteiger partial charge in [-0.3, -0.25) is 9.37 Å². The van der Waals surface area contributed by atoms with E-state index in [0.29, 0.717) is 11.9 Å². The molecule has 0 saturated carbocycles. The van der Waals surface area contributed by atoms with Gasteiger partial charge in [-0.15, -0.1) is 0 Å². The third-order valence-corrected chi connectivity index (χ3v) is 2.37. The number of pyridine rings is 1. The molecule has 82 valence electrons. The second-order valence-corrected chi connectivity index (χ2v) is 3.50. The molecule has 0 unspecified atom stereocenters. The monoisotopic (exact) mass is 219 g/mol. The van der Waals surface area contributed by atoms with Crippen molar-refractivity contribution in [1.29, 1.82) is 0 Å². The Kier molecular flexibility index (Phi) is 2.81. The third-order valence-electron chi connectivity index (χ3n) is 2.37. The van der Waals surface area contributed by atoms with E-state index >= 15 is 0 Å². The van der Waals surface area contributed by atoms with Crippen molar-refractivity contribution in [2.24, 2.45) is 0 Å². The van der Waals surface area contributed by atoms with Crippen molar-refractivity contribution < 1.29 is 14.3 Å². The number of rotatable bonds is 3. The van der Waals surface area contributed by atoms with Gasteiger partial charge < -0.3 is 5.11 Å². The van der Waals surface area contributed by atoms with Crippen LogP contribution in [0.4, 0.5) is 4.39 Å². The number of carboxylic acids is 1. The molecule has 2 aromatic rings. The molecule has 0 aliphatic carbocycles. The molecule has 1 aromatic carbocycles. The van der Waals surface area contributed by atoms with Gasteiger partial charge in [0.1, 0.15) is 0 Å². The van der Waals surface area contributed by atoms with Crippen LogP contribution in [0, 0.1) is 0 Å². The van der Waals surface area contributed by atoms with Crippen molar-refractivity contribution in [3.05, 3.63) is 41.6 Å². The highest BCUT2D eigenvalue weighted by atomic mass is 19.1. The number of alkyl halides is 1. The van der Waals surface area contributed by atoms with Gasteiger partial charge >= 0.3 is 5.97 Å². The van der Waals surface area contributed by atoms with E-state index in [1.165, 1.54) is 6.07 Å². The molecule has 0 aliphatic heterocycles. The number of benzene rings is 1. The summed E-state index contributed by atoms with van der Waals surface area (Å²) in [6.45, 7) is -0.439. The van der Waals surface area contributed by atoms with Crippen molar-refractivity contribution in [1.82, 2.24) is 4.98 Å². The largest absolute Gasteiger partial charge is 0.478 e. The fourth-order valence-corrected chi connectivity index (χ4v) is 1.56. The Bertz CT molecular complexity index is 540. The first kappa shape index (κ1) is 10.5. The van der Waals surface area contributed by atoms with Crippen molar-refractivity contribution >= 4 is 16.9 Å². The molecular weight excluding hydrogens is 209 g/mol. The van der Waals surface area contributed by atoms with E-state index in [0.717, 1.165) is 10.9 Å². The van der Waals surface area contributed by atoms with Crippen LogP contribution >= 0.6 is 0 Å². The van der Waals surface area contributed by atoms with Gasteiger partial charge in [-0.05, 0) is 29.8 Å². The first-order chi connectivity index (χ1) is 7.70. The SMILES string of the molecule is O=C(O)c1ccc2ncc(CCF)cc2c1. The number of halogens is 1. The lowest BCUT2D eigenvalue weighted by atomic mass is 10.1.